The normalized spacial score (nSPS) is 15.0. The zero-order chi connectivity index (χ0) is 10.9. The van der Waals surface area contributed by atoms with Gasteiger partial charge in [-0.15, -0.1) is 6.42 Å². The standard InChI is InChI=1S/C12H18N2O/c1-2-9-13-12(15)14-10-8-11-6-4-3-5-7-11/h1,6H,3-5,7-10H2,(H2,13,14,15). The Kier molecular flexibility index (Phi) is 5.39. The summed E-state index contributed by atoms with van der Waals surface area (Å²) in [5, 5.41) is 5.34. The molecule has 0 unspecified atom stereocenters. The number of hydrogen-bond acceptors (Lipinski definition) is 1. The number of rotatable bonds is 4. The van der Waals surface area contributed by atoms with E-state index < -0.39 is 0 Å². The van der Waals surface area contributed by atoms with Crippen LogP contribution in [0.1, 0.15) is 32.1 Å². The van der Waals surface area contributed by atoms with E-state index in [1.807, 2.05) is 0 Å². The molecule has 0 saturated carbocycles. The fraction of sp³-hybridized carbons (Fsp3) is 0.583. The summed E-state index contributed by atoms with van der Waals surface area (Å²) < 4.78 is 0. The van der Waals surface area contributed by atoms with Gasteiger partial charge < -0.3 is 10.6 Å². The third kappa shape index (κ3) is 5.11. The third-order valence-corrected chi connectivity index (χ3v) is 2.47. The van der Waals surface area contributed by atoms with Gasteiger partial charge in [-0.1, -0.05) is 17.6 Å². The van der Waals surface area contributed by atoms with Crippen LogP contribution in [0, 0.1) is 12.3 Å². The van der Waals surface area contributed by atoms with Crippen LogP contribution in [0.4, 0.5) is 4.79 Å². The van der Waals surface area contributed by atoms with Crippen molar-refractivity contribution >= 4 is 6.03 Å². The van der Waals surface area contributed by atoms with Crippen molar-refractivity contribution in [2.75, 3.05) is 13.1 Å². The summed E-state index contributed by atoms with van der Waals surface area (Å²) in [4.78, 5) is 11.1. The number of terminal acetylenes is 1. The molecule has 2 amide bonds. The summed E-state index contributed by atoms with van der Waals surface area (Å²) in [7, 11) is 0. The molecule has 3 heteroatoms. The summed E-state index contributed by atoms with van der Waals surface area (Å²) >= 11 is 0. The molecule has 3 nitrogen and oxygen atoms in total. The second-order valence-electron chi connectivity index (χ2n) is 3.67. The van der Waals surface area contributed by atoms with Gasteiger partial charge in [-0.2, -0.15) is 0 Å². The van der Waals surface area contributed by atoms with Gasteiger partial charge in [-0.05, 0) is 32.1 Å². The molecule has 0 aromatic carbocycles. The van der Waals surface area contributed by atoms with E-state index in [4.69, 9.17) is 6.42 Å². The molecule has 0 fully saturated rings. The van der Waals surface area contributed by atoms with E-state index >= 15 is 0 Å². The summed E-state index contributed by atoms with van der Waals surface area (Å²) in [6.07, 6.45) is 13.3. The summed E-state index contributed by atoms with van der Waals surface area (Å²) in [6, 6.07) is -0.177. The lowest BCUT2D eigenvalue weighted by atomic mass is 9.97. The second kappa shape index (κ2) is 6.94. The predicted octanol–water partition coefficient (Wildman–Crippen LogP) is 1.81. The van der Waals surface area contributed by atoms with Gasteiger partial charge in [-0.3, -0.25) is 0 Å². The van der Waals surface area contributed by atoms with E-state index in [9.17, 15) is 4.79 Å². The Balaban J connectivity index is 2.08. The van der Waals surface area contributed by atoms with Gasteiger partial charge in [0.25, 0.3) is 0 Å². The van der Waals surface area contributed by atoms with E-state index in [0.29, 0.717) is 6.54 Å². The quantitative estimate of drug-likeness (QED) is 0.534. The molecule has 0 radical (unpaired) electrons. The van der Waals surface area contributed by atoms with Gasteiger partial charge in [0.05, 0.1) is 6.54 Å². The lowest BCUT2D eigenvalue weighted by Gasteiger charge is -2.12. The Bertz CT molecular complexity index is 276. The Labute approximate surface area is 91.3 Å². The molecular formula is C12H18N2O. The molecule has 15 heavy (non-hydrogen) atoms. The SMILES string of the molecule is C#CCNC(=O)NCCC1=CCCCC1. The van der Waals surface area contributed by atoms with E-state index in [-0.39, 0.29) is 12.6 Å². The first kappa shape index (κ1) is 11.6. The van der Waals surface area contributed by atoms with Crippen LogP contribution < -0.4 is 10.6 Å². The van der Waals surface area contributed by atoms with Gasteiger partial charge in [0.2, 0.25) is 0 Å². The number of hydrogen-bond donors (Lipinski definition) is 2. The van der Waals surface area contributed by atoms with Gasteiger partial charge >= 0.3 is 6.03 Å². The van der Waals surface area contributed by atoms with Crippen molar-refractivity contribution in [2.24, 2.45) is 0 Å². The highest BCUT2D eigenvalue weighted by atomic mass is 16.2. The van der Waals surface area contributed by atoms with E-state index in [1.165, 1.54) is 31.3 Å². The molecule has 1 aliphatic rings. The first-order valence-electron chi connectivity index (χ1n) is 5.46. The lowest BCUT2D eigenvalue weighted by Crippen LogP contribution is -2.36. The molecule has 0 aliphatic heterocycles. The van der Waals surface area contributed by atoms with Crippen LogP contribution in [0.15, 0.2) is 11.6 Å². The number of urea groups is 1. The van der Waals surface area contributed by atoms with Gasteiger partial charge in [0.15, 0.2) is 0 Å². The first-order valence-corrected chi connectivity index (χ1v) is 5.46. The van der Waals surface area contributed by atoms with Crippen LogP contribution in [-0.2, 0) is 0 Å². The van der Waals surface area contributed by atoms with Crippen LogP contribution in [0.3, 0.4) is 0 Å². The van der Waals surface area contributed by atoms with E-state index in [1.54, 1.807) is 0 Å². The largest absolute Gasteiger partial charge is 0.338 e. The molecule has 0 atom stereocenters. The molecule has 1 aliphatic carbocycles. The molecule has 0 saturated heterocycles. The maximum absolute atomic E-state index is 11.1. The van der Waals surface area contributed by atoms with Crippen LogP contribution >= 0.6 is 0 Å². The van der Waals surface area contributed by atoms with Crippen molar-refractivity contribution in [3.05, 3.63) is 11.6 Å². The fourth-order valence-electron chi connectivity index (χ4n) is 1.66. The van der Waals surface area contributed by atoms with Crippen molar-refractivity contribution in [1.82, 2.24) is 10.6 Å². The van der Waals surface area contributed by atoms with Crippen molar-refractivity contribution in [1.29, 1.82) is 0 Å². The van der Waals surface area contributed by atoms with Crippen molar-refractivity contribution < 1.29 is 4.79 Å². The molecule has 0 aromatic rings. The minimum Gasteiger partial charge on any atom is -0.338 e. The molecule has 0 heterocycles. The highest BCUT2D eigenvalue weighted by molar-refractivity contribution is 5.74. The molecular weight excluding hydrogens is 188 g/mol. The molecule has 82 valence electrons. The second-order valence-corrected chi connectivity index (χ2v) is 3.67. The van der Waals surface area contributed by atoms with Crippen LogP contribution in [0.2, 0.25) is 0 Å². The maximum Gasteiger partial charge on any atom is 0.315 e. The third-order valence-electron chi connectivity index (χ3n) is 2.47. The number of amides is 2. The minimum atomic E-state index is -0.177. The van der Waals surface area contributed by atoms with E-state index in [0.717, 1.165) is 6.42 Å². The Morgan fingerprint density at radius 2 is 2.33 bits per heavy atom. The fourth-order valence-corrected chi connectivity index (χ4v) is 1.66. The zero-order valence-corrected chi connectivity index (χ0v) is 9.01. The molecule has 0 aromatic heterocycles. The number of carbonyl (C=O) groups excluding carboxylic acids is 1. The number of nitrogens with one attached hydrogen (secondary N) is 2. The highest BCUT2D eigenvalue weighted by Gasteiger charge is 2.04. The zero-order valence-electron chi connectivity index (χ0n) is 9.01. The molecule has 0 spiro atoms. The topological polar surface area (TPSA) is 41.1 Å². The summed E-state index contributed by atoms with van der Waals surface area (Å²) in [5.74, 6) is 2.36. The van der Waals surface area contributed by atoms with E-state index in [2.05, 4.69) is 22.6 Å². The van der Waals surface area contributed by atoms with Gasteiger partial charge in [0.1, 0.15) is 0 Å². The van der Waals surface area contributed by atoms with Crippen LogP contribution in [-0.4, -0.2) is 19.1 Å². The average Bonchev–Trinajstić information content (AvgIpc) is 2.28. The summed E-state index contributed by atoms with van der Waals surface area (Å²) in [6.45, 7) is 0.983. The highest BCUT2D eigenvalue weighted by Crippen LogP contribution is 2.19. The Morgan fingerprint density at radius 3 is 3.00 bits per heavy atom. The van der Waals surface area contributed by atoms with Gasteiger partial charge in [-0.25, -0.2) is 4.79 Å². The molecule has 2 N–H and O–H groups in total. The predicted molar refractivity (Wildman–Crippen MR) is 61.4 cm³/mol. The summed E-state index contributed by atoms with van der Waals surface area (Å²) in [5.41, 5.74) is 1.47. The van der Waals surface area contributed by atoms with Crippen molar-refractivity contribution in [3.63, 3.8) is 0 Å². The monoisotopic (exact) mass is 206 g/mol. The van der Waals surface area contributed by atoms with Gasteiger partial charge in [0, 0.05) is 6.54 Å². The Morgan fingerprint density at radius 1 is 1.47 bits per heavy atom. The molecule has 1 rings (SSSR count). The van der Waals surface area contributed by atoms with Crippen LogP contribution in [0.5, 0.6) is 0 Å². The van der Waals surface area contributed by atoms with Crippen molar-refractivity contribution in [3.8, 4) is 12.3 Å². The average molecular weight is 206 g/mol. The number of carbonyl (C=O) groups is 1. The first-order chi connectivity index (χ1) is 7.33. The van der Waals surface area contributed by atoms with Crippen LogP contribution in [0.25, 0.3) is 0 Å². The number of allylic oxidation sites excluding steroid dienone is 1. The lowest BCUT2D eigenvalue weighted by molar-refractivity contribution is 0.242. The molecule has 0 bridgehead atoms. The van der Waals surface area contributed by atoms with Crippen molar-refractivity contribution in [2.45, 2.75) is 32.1 Å². The maximum atomic E-state index is 11.1. The minimum absolute atomic E-state index is 0.177. The Hall–Kier alpha value is -1.43. The smallest absolute Gasteiger partial charge is 0.315 e.